The second kappa shape index (κ2) is 5.39. The van der Waals surface area contributed by atoms with Crippen LogP contribution in [-0.2, 0) is 10.2 Å². The van der Waals surface area contributed by atoms with E-state index < -0.39 is 0 Å². The fourth-order valence-corrected chi connectivity index (χ4v) is 3.39. The number of hydrogen-bond acceptors (Lipinski definition) is 2. The van der Waals surface area contributed by atoms with Crippen molar-refractivity contribution in [3.8, 4) is 11.1 Å². The van der Waals surface area contributed by atoms with Crippen LogP contribution < -0.4 is 5.32 Å². The number of ether oxygens (including phenoxy) is 1. The predicted octanol–water partition coefficient (Wildman–Crippen LogP) is 3.21. The first-order valence-electron chi connectivity index (χ1n) is 7.25. The largest absolute Gasteiger partial charge is 0.380 e. The van der Waals surface area contributed by atoms with Crippen LogP contribution in [0.3, 0.4) is 0 Å². The molecule has 0 aliphatic heterocycles. The molecule has 0 saturated heterocycles. The van der Waals surface area contributed by atoms with E-state index in [0.717, 1.165) is 19.8 Å². The van der Waals surface area contributed by atoms with Crippen LogP contribution in [0, 0.1) is 0 Å². The van der Waals surface area contributed by atoms with E-state index in [-0.39, 0.29) is 5.41 Å². The molecule has 2 heteroatoms. The van der Waals surface area contributed by atoms with Crippen LogP contribution in [0.25, 0.3) is 11.1 Å². The Morgan fingerprint density at radius 3 is 2.00 bits per heavy atom. The molecule has 20 heavy (non-hydrogen) atoms. The molecule has 0 aromatic heterocycles. The van der Waals surface area contributed by atoms with Gasteiger partial charge in [-0.05, 0) is 36.2 Å². The van der Waals surface area contributed by atoms with Crippen molar-refractivity contribution in [2.75, 3.05) is 26.8 Å². The molecule has 0 spiro atoms. The molecule has 0 radical (unpaired) electrons. The second-order valence-corrected chi connectivity index (χ2v) is 5.34. The molecule has 0 fully saturated rings. The minimum atomic E-state index is -0.0715. The third kappa shape index (κ3) is 1.88. The molecule has 0 atom stereocenters. The second-order valence-electron chi connectivity index (χ2n) is 5.34. The highest BCUT2D eigenvalue weighted by molar-refractivity contribution is 5.81. The van der Waals surface area contributed by atoms with Crippen molar-refractivity contribution < 1.29 is 4.74 Å². The monoisotopic (exact) mass is 267 g/mol. The lowest BCUT2D eigenvalue weighted by Crippen LogP contribution is -2.40. The molecule has 0 saturated carbocycles. The van der Waals surface area contributed by atoms with E-state index in [4.69, 9.17) is 4.74 Å². The van der Waals surface area contributed by atoms with Gasteiger partial charge in [0.15, 0.2) is 0 Å². The van der Waals surface area contributed by atoms with Crippen LogP contribution in [0.4, 0.5) is 0 Å². The lowest BCUT2D eigenvalue weighted by atomic mass is 9.78. The van der Waals surface area contributed by atoms with Gasteiger partial charge >= 0.3 is 0 Å². The molecule has 1 aliphatic carbocycles. The summed E-state index contributed by atoms with van der Waals surface area (Å²) in [5.74, 6) is 0. The molecule has 0 unspecified atom stereocenters. The Morgan fingerprint density at radius 2 is 1.50 bits per heavy atom. The third-order valence-corrected chi connectivity index (χ3v) is 4.21. The molecule has 2 aromatic carbocycles. The van der Waals surface area contributed by atoms with Gasteiger partial charge in [-0.3, -0.25) is 0 Å². The van der Waals surface area contributed by atoms with Crippen LogP contribution in [0.2, 0.25) is 0 Å². The van der Waals surface area contributed by atoms with Crippen LogP contribution in [0.1, 0.15) is 18.1 Å². The Morgan fingerprint density at radius 1 is 0.950 bits per heavy atom. The van der Waals surface area contributed by atoms with Crippen LogP contribution in [0.15, 0.2) is 48.5 Å². The van der Waals surface area contributed by atoms with Gasteiger partial charge in [-0.25, -0.2) is 0 Å². The van der Waals surface area contributed by atoms with Gasteiger partial charge < -0.3 is 10.1 Å². The van der Waals surface area contributed by atoms with E-state index >= 15 is 0 Å². The molecule has 104 valence electrons. The molecule has 2 nitrogen and oxygen atoms in total. The van der Waals surface area contributed by atoms with Crippen molar-refractivity contribution in [2.24, 2.45) is 0 Å². The SMILES string of the molecule is CCOCC1(CNC)c2ccccc2-c2ccccc21. The highest BCUT2D eigenvalue weighted by Crippen LogP contribution is 2.48. The number of hydrogen-bond donors (Lipinski definition) is 1. The van der Waals surface area contributed by atoms with Crippen molar-refractivity contribution in [1.82, 2.24) is 5.32 Å². The van der Waals surface area contributed by atoms with Gasteiger partial charge in [-0.15, -0.1) is 0 Å². The Hall–Kier alpha value is -1.64. The van der Waals surface area contributed by atoms with Gasteiger partial charge in [0.25, 0.3) is 0 Å². The molecular formula is C18H21NO. The van der Waals surface area contributed by atoms with E-state index in [1.54, 1.807) is 0 Å². The van der Waals surface area contributed by atoms with Crippen molar-refractivity contribution in [3.63, 3.8) is 0 Å². The zero-order chi connectivity index (χ0) is 14.0. The molecule has 1 aliphatic rings. The standard InChI is InChI=1S/C18H21NO/c1-3-20-13-18(12-19-2)16-10-6-4-8-14(16)15-9-5-7-11-17(15)18/h4-11,19H,3,12-13H2,1-2H3. The minimum absolute atomic E-state index is 0.0715. The third-order valence-electron chi connectivity index (χ3n) is 4.21. The topological polar surface area (TPSA) is 21.3 Å². The summed E-state index contributed by atoms with van der Waals surface area (Å²) in [6, 6.07) is 17.4. The van der Waals surface area contributed by atoms with Crippen molar-refractivity contribution in [2.45, 2.75) is 12.3 Å². The molecule has 1 N–H and O–H groups in total. The average Bonchev–Trinajstić information content (AvgIpc) is 2.78. The van der Waals surface area contributed by atoms with Gasteiger partial charge in [0.2, 0.25) is 0 Å². The van der Waals surface area contributed by atoms with E-state index in [9.17, 15) is 0 Å². The number of fused-ring (bicyclic) bond motifs is 3. The Kier molecular flexibility index (Phi) is 3.60. The first-order valence-corrected chi connectivity index (χ1v) is 7.25. The minimum Gasteiger partial charge on any atom is -0.380 e. The lowest BCUT2D eigenvalue weighted by molar-refractivity contribution is 0.108. The summed E-state index contributed by atoms with van der Waals surface area (Å²) in [5, 5.41) is 3.36. The zero-order valence-electron chi connectivity index (χ0n) is 12.1. The summed E-state index contributed by atoms with van der Waals surface area (Å²) in [4.78, 5) is 0. The summed E-state index contributed by atoms with van der Waals surface area (Å²) < 4.78 is 5.85. The molecule has 3 rings (SSSR count). The van der Waals surface area contributed by atoms with Gasteiger partial charge in [0.1, 0.15) is 0 Å². The molecule has 0 bridgehead atoms. The first kappa shape index (κ1) is 13.3. The van der Waals surface area contributed by atoms with Crippen molar-refractivity contribution in [1.29, 1.82) is 0 Å². The van der Waals surface area contributed by atoms with Crippen molar-refractivity contribution >= 4 is 0 Å². The normalized spacial score (nSPS) is 14.9. The fourth-order valence-electron chi connectivity index (χ4n) is 3.39. The van der Waals surface area contributed by atoms with E-state index in [1.807, 2.05) is 7.05 Å². The molecule has 2 aromatic rings. The number of benzene rings is 2. The molecule has 0 amide bonds. The highest BCUT2D eigenvalue weighted by atomic mass is 16.5. The maximum atomic E-state index is 5.85. The van der Waals surface area contributed by atoms with Crippen LogP contribution in [-0.4, -0.2) is 26.8 Å². The van der Waals surface area contributed by atoms with Gasteiger partial charge in [-0.2, -0.15) is 0 Å². The maximum Gasteiger partial charge on any atom is 0.0616 e. The lowest BCUT2D eigenvalue weighted by Gasteiger charge is -2.31. The average molecular weight is 267 g/mol. The summed E-state index contributed by atoms with van der Waals surface area (Å²) in [5.41, 5.74) is 5.38. The smallest absolute Gasteiger partial charge is 0.0616 e. The van der Waals surface area contributed by atoms with Crippen LogP contribution in [0.5, 0.6) is 0 Å². The molecular weight excluding hydrogens is 246 g/mol. The first-order chi connectivity index (χ1) is 9.83. The van der Waals surface area contributed by atoms with E-state index in [1.165, 1.54) is 22.3 Å². The Bertz CT molecular complexity index is 560. The summed E-state index contributed by atoms with van der Waals surface area (Å²) in [6.45, 7) is 4.41. The summed E-state index contributed by atoms with van der Waals surface area (Å²) in [7, 11) is 2.01. The Labute approximate surface area is 120 Å². The number of nitrogens with one attached hydrogen (secondary N) is 1. The number of likely N-dealkylation sites (N-methyl/N-ethyl adjacent to an activating group) is 1. The zero-order valence-corrected chi connectivity index (χ0v) is 12.1. The van der Waals surface area contributed by atoms with Gasteiger partial charge in [0.05, 0.1) is 12.0 Å². The van der Waals surface area contributed by atoms with Crippen LogP contribution >= 0.6 is 0 Å². The summed E-state index contributed by atoms with van der Waals surface area (Å²) >= 11 is 0. The van der Waals surface area contributed by atoms with Gasteiger partial charge in [0, 0.05) is 13.2 Å². The molecule has 0 heterocycles. The predicted molar refractivity (Wildman–Crippen MR) is 83.1 cm³/mol. The van der Waals surface area contributed by atoms with Crippen molar-refractivity contribution in [3.05, 3.63) is 59.7 Å². The van der Waals surface area contributed by atoms with Gasteiger partial charge in [-0.1, -0.05) is 48.5 Å². The maximum absolute atomic E-state index is 5.85. The highest BCUT2D eigenvalue weighted by Gasteiger charge is 2.42. The van der Waals surface area contributed by atoms with E-state index in [2.05, 4.69) is 60.8 Å². The Balaban J connectivity index is 2.21. The summed E-state index contributed by atoms with van der Waals surface area (Å²) in [6.07, 6.45) is 0. The number of rotatable bonds is 5. The van der Waals surface area contributed by atoms with E-state index in [0.29, 0.717) is 0 Å². The quantitative estimate of drug-likeness (QED) is 0.898. The fraction of sp³-hybridized carbons (Fsp3) is 0.333.